The average Bonchev–Trinajstić information content (AvgIpc) is 2.81. The number of carbonyl (C=O) groups is 1. The predicted octanol–water partition coefficient (Wildman–Crippen LogP) is 0.537. The van der Waals surface area contributed by atoms with E-state index in [1.54, 1.807) is 0 Å². The lowest BCUT2D eigenvalue weighted by atomic mass is 10.0. The highest BCUT2D eigenvalue weighted by molar-refractivity contribution is 6.36. The molecule has 20 heavy (non-hydrogen) atoms. The minimum Gasteiger partial charge on any atom is -0.453 e. The number of rotatable bonds is 5. The molecule has 0 spiro atoms. The third kappa shape index (κ3) is 2.98. The monoisotopic (exact) mass is 274 g/mol. The summed E-state index contributed by atoms with van der Waals surface area (Å²) in [6.45, 7) is 2.83. The topological polar surface area (TPSA) is 105 Å². The van der Waals surface area contributed by atoms with Crippen LogP contribution in [0.3, 0.4) is 0 Å². The van der Waals surface area contributed by atoms with E-state index in [1.807, 2.05) is 0 Å². The van der Waals surface area contributed by atoms with Gasteiger partial charge in [0, 0.05) is 12.1 Å². The van der Waals surface area contributed by atoms with Crippen molar-refractivity contribution >= 4 is 42.3 Å². The molecule has 8 nitrogen and oxygen atoms in total. The summed E-state index contributed by atoms with van der Waals surface area (Å²) in [4.78, 5) is 19.6. The number of hydrogen-bond donors (Lipinski definition) is 3. The molecule has 0 saturated carbocycles. The van der Waals surface area contributed by atoms with E-state index in [4.69, 9.17) is 7.85 Å². The summed E-state index contributed by atoms with van der Waals surface area (Å²) in [7, 11) is 7.02. The molecule has 0 aliphatic heterocycles. The number of aromatic amines is 1. The zero-order valence-corrected chi connectivity index (χ0v) is 11.4. The molecule has 104 valence electrons. The maximum Gasteiger partial charge on any atom is 0.413 e. The van der Waals surface area contributed by atoms with Crippen molar-refractivity contribution in [1.29, 1.82) is 0 Å². The smallest absolute Gasteiger partial charge is 0.413 e. The SMILES string of the molecule is [B]c1[nH]nc2c(NCCCC)nc(NC(=O)OC)nc12. The van der Waals surface area contributed by atoms with Gasteiger partial charge < -0.3 is 10.1 Å². The van der Waals surface area contributed by atoms with E-state index < -0.39 is 6.09 Å². The quantitative estimate of drug-likeness (QED) is 0.543. The second kappa shape index (κ2) is 6.22. The number of amides is 1. The second-order valence-corrected chi connectivity index (χ2v) is 4.13. The molecule has 2 aromatic rings. The first kappa shape index (κ1) is 14.1. The van der Waals surface area contributed by atoms with Gasteiger partial charge in [-0.05, 0) is 6.42 Å². The predicted molar refractivity (Wildman–Crippen MR) is 76.5 cm³/mol. The van der Waals surface area contributed by atoms with Crippen LogP contribution in [0.4, 0.5) is 16.6 Å². The molecule has 9 heteroatoms. The van der Waals surface area contributed by atoms with E-state index >= 15 is 0 Å². The largest absolute Gasteiger partial charge is 0.453 e. The first-order chi connectivity index (χ1) is 9.65. The van der Waals surface area contributed by atoms with Gasteiger partial charge in [0.2, 0.25) is 5.95 Å². The van der Waals surface area contributed by atoms with Crippen molar-refractivity contribution in [3.05, 3.63) is 0 Å². The second-order valence-electron chi connectivity index (χ2n) is 4.13. The van der Waals surface area contributed by atoms with Gasteiger partial charge in [-0.1, -0.05) is 13.3 Å². The molecule has 2 heterocycles. The van der Waals surface area contributed by atoms with Gasteiger partial charge in [-0.25, -0.2) is 9.78 Å². The molecular formula is C11H15BN6O2. The number of unbranched alkanes of at least 4 members (excludes halogenated alkanes) is 1. The van der Waals surface area contributed by atoms with Gasteiger partial charge in [0.25, 0.3) is 0 Å². The fraction of sp³-hybridized carbons (Fsp3) is 0.455. The van der Waals surface area contributed by atoms with E-state index in [9.17, 15) is 4.79 Å². The number of aromatic nitrogens is 4. The average molecular weight is 274 g/mol. The Morgan fingerprint density at radius 2 is 2.20 bits per heavy atom. The van der Waals surface area contributed by atoms with Gasteiger partial charge in [0.05, 0.1) is 7.11 Å². The maximum absolute atomic E-state index is 11.2. The zero-order valence-electron chi connectivity index (χ0n) is 11.4. The highest BCUT2D eigenvalue weighted by atomic mass is 16.5. The molecule has 0 unspecified atom stereocenters. The zero-order chi connectivity index (χ0) is 14.5. The number of H-pyrrole nitrogens is 1. The Bertz CT molecular complexity index is 614. The lowest BCUT2D eigenvalue weighted by Gasteiger charge is -2.08. The molecule has 0 aliphatic carbocycles. The van der Waals surface area contributed by atoms with Crippen LogP contribution in [-0.2, 0) is 4.74 Å². The number of anilines is 2. The Morgan fingerprint density at radius 3 is 2.90 bits per heavy atom. The van der Waals surface area contributed by atoms with Crippen molar-refractivity contribution in [2.75, 3.05) is 24.3 Å². The molecule has 2 radical (unpaired) electrons. The van der Waals surface area contributed by atoms with Crippen LogP contribution in [0.25, 0.3) is 11.0 Å². The molecule has 0 aliphatic rings. The minimum atomic E-state index is -0.647. The number of methoxy groups -OCH3 is 1. The first-order valence-electron chi connectivity index (χ1n) is 6.26. The van der Waals surface area contributed by atoms with Crippen molar-refractivity contribution in [1.82, 2.24) is 20.2 Å². The van der Waals surface area contributed by atoms with Crippen molar-refractivity contribution < 1.29 is 9.53 Å². The number of nitrogens with one attached hydrogen (secondary N) is 3. The summed E-state index contributed by atoms with van der Waals surface area (Å²) >= 11 is 0. The molecule has 0 saturated heterocycles. The van der Waals surface area contributed by atoms with Crippen molar-refractivity contribution in [3.63, 3.8) is 0 Å². The summed E-state index contributed by atoms with van der Waals surface area (Å²) in [6.07, 6.45) is 1.40. The van der Waals surface area contributed by atoms with E-state index in [-0.39, 0.29) is 5.95 Å². The normalized spacial score (nSPS) is 10.5. The van der Waals surface area contributed by atoms with Crippen molar-refractivity contribution in [3.8, 4) is 0 Å². The molecule has 0 atom stereocenters. The van der Waals surface area contributed by atoms with Gasteiger partial charge in [0.1, 0.15) is 13.4 Å². The lowest BCUT2D eigenvalue weighted by Crippen LogP contribution is -2.16. The van der Waals surface area contributed by atoms with Crippen LogP contribution in [0, 0.1) is 0 Å². The van der Waals surface area contributed by atoms with Crippen LogP contribution in [-0.4, -0.2) is 47.8 Å². The molecule has 2 aromatic heterocycles. The summed E-state index contributed by atoms with van der Waals surface area (Å²) in [6, 6.07) is 0. The molecule has 3 N–H and O–H groups in total. The Labute approximate surface area is 117 Å². The number of nitrogens with zero attached hydrogens (tertiary/aromatic N) is 3. The van der Waals surface area contributed by atoms with E-state index in [0.717, 1.165) is 19.4 Å². The maximum atomic E-state index is 11.2. The van der Waals surface area contributed by atoms with Crippen LogP contribution in [0.2, 0.25) is 0 Å². The number of ether oxygens (including phenoxy) is 1. The summed E-state index contributed by atoms with van der Waals surface area (Å²) in [5.74, 6) is 0.624. The van der Waals surface area contributed by atoms with Gasteiger partial charge >= 0.3 is 6.09 Å². The molecule has 0 aromatic carbocycles. The Kier molecular flexibility index (Phi) is 4.39. The van der Waals surface area contributed by atoms with Gasteiger partial charge in [-0.3, -0.25) is 10.4 Å². The Morgan fingerprint density at radius 1 is 1.40 bits per heavy atom. The lowest BCUT2D eigenvalue weighted by molar-refractivity contribution is 0.186. The van der Waals surface area contributed by atoms with Gasteiger partial charge in [-0.15, -0.1) is 0 Å². The van der Waals surface area contributed by atoms with Crippen LogP contribution in [0.1, 0.15) is 19.8 Å². The van der Waals surface area contributed by atoms with Crippen molar-refractivity contribution in [2.24, 2.45) is 0 Å². The highest BCUT2D eigenvalue weighted by Gasteiger charge is 2.13. The third-order valence-electron chi connectivity index (χ3n) is 2.65. The van der Waals surface area contributed by atoms with Crippen LogP contribution in [0.5, 0.6) is 0 Å². The van der Waals surface area contributed by atoms with E-state index in [0.29, 0.717) is 22.4 Å². The first-order valence-corrected chi connectivity index (χ1v) is 6.26. The molecular weight excluding hydrogens is 259 g/mol. The fourth-order valence-corrected chi connectivity index (χ4v) is 1.62. The highest BCUT2D eigenvalue weighted by Crippen LogP contribution is 2.18. The molecule has 0 fully saturated rings. The van der Waals surface area contributed by atoms with Crippen molar-refractivity contribution in [2.45, 2.75) is 19.8 Å². The van der Waals surface area contributed by atoms with E-state index in [1.165, 1.54) is 7.11 Å². The summed E-state index contributed by atoms with van der Waals surface area (Å²) in [5.41, 5.74) is 1.30. The fourth-order valence-electron chi connectivity index (χ4n) is 1.62. The number of carbonyl (C=O) groups excluding carboxylic acids is 1. The third-order valence-corrected chi connectivity index (χ3v) is 2.65. The Balaban J connectivity index is 2.34. The molecule has 1 amide bonds. The van der Waals surface area contributed by atoms with E-state index in [2.05, 4.69) is 42.5 Å². The van der Waals surface area contributed by atoms with Gasteiger partial charge in [0.15, 0.2) is 11.3 Å². The van der Waals surface area contributed by atoms with Gasteiger partial charge in [-0.2, -0.15) is 10.1 Å². The minimum absolute atomic E-state index is 0.108. The number of fused-ring (bicyclic) bond motifs is 1. The standard InChI is InChI=1S/C11H15BN6O2/c1-3-4-5-13-9-7-6(8(12)18-17-7)14-10(15-9)16-11(19)20-2/h3-5H2,1-2H3,(H,17,18)(H2,13,14,15,16,19). The number of hydrogen-bond acceptors (Lipinski definition) is 6. The van der Waals surface area contributed by atoms with Crippen LogP contribution >= 0.6 is 0 Å². The summed E-state index contributed by atoms with van der Waals surface area (Å²) in [5, 5.41) is 12.3. The van der Waals surface area contributed by atoms with Crippen LogP contribution < -0.4 is 16.2 Å². The Hall–Kier alpha value is -2.32. The molecule has 0 bridgehead atoms. The van der Waals surface area contributed by atoms with Crippen LogP contribution in [0.15, 0.2) is 0 Å². The summed E-state index contributed by atoms with van der Waals surface area (Å²) < 4.78 is 4.51. The molecule has 2 rings (SSSR count).